The number of aromatic nitrogens is 2. The van der Waals surface area contributed by atoms with Crippen molar-refractivity contribution in [2.75, 3.05) is 0 Å². The summed E-state index contributed by atoms with van der Waals surface area (Å²) in [6, 6.07) is 5.97. The van der Waals surface area contributed by atoms with E-state index in [1.807, 2.05) is 12.1 Å². The molecule has 0 spiro atoms. The molecule has 0 radical (unpaired) electrons. The van der Waals surface area contributed by atoms with Gasteiger partial charge in [-0.15, -0.1) is 0 Å². The SMILES string of the molecule is CC(=O)c1ccc2c(c1)nc(C(C)(C)C)n2CC1CCCCC1. The van der Waals surface area contributed by atoms with E-state index >= 15 is 0 Å². The van der Waals surface area contributed by atoms with Crippen molar-refractivity contribution in [1.29, 1.82) is 0 Å². The third-order valence-electron chi connectivity index (χ3n) is 4.99. The number of fused-ring (bicyclic) bond motifs is 1. The van der Waals surface area contributed by atoms with Crippen LogP contribution in [-0.4, -0.2) is 15.3 Å². The van der Waals surface area contributed by atoms with Crippen LogP contribution in [0.5, 0.6) is 0 Å². The molecular weight excluding hydrogens is 284 g/mol. The Morgan fingerprint density at radius 2 is 1.91 bits per heavy atom. The Balaban J connectivity index is 2.06. The van der Waals surface area contributed by atoms with Gasteiger partial charge in [-0.2, -0.15) is 0 Å². The summed E-state index contributed by atoms with van der Waals surface area (Å²) in [7, 11) is 0. The second kappa shape index (κ2) is 6.10. The Labute approximate surface area is 139 Å². The number of Topliss-reactive ketones (excluding diaryl/α,β-unsaturated/α-hetero) is 1. The van der Waals surface area contributed by atoms with E-state index in [0.29, 0.717) is 0 Å². The van der Waals surface area contributed by atoms with Crippen LogP contribution < -0.4 is 0 Å². The lowest BCUT2D eigenvalue weighted by Gasteiger charge is -2.26. The van der Waals surface area contributed by atoms with Gasteiger partial charge in [-0.05, 0) is 43.9 Å². The Morgan fingerprint density at radius 1 is 1.22 bits per heavy atom. The number of hydrogen-bond acceptors (Lipinski definition) is 2. The number of nitrogens with zero attached hydrogens (tertiary/aromatic N) is 2. The molecule has 0 saturated heterocycles. The summed E-state index contributed by atoms with van der Waals surface area (Å²) in [4.78, 5) is 16.6. The lowest BCUT2D eigenvalue weighted by molar-refractivity contribution is 0.101. The fourth-order valence-corrected chi connectivity index (χ4v) is 3.73. The van der Waals surface area contributed by atoms with Crippen LogP contribution in [0.3, 0.4) is 0 Å². The molecular formula is C20H28N2O. The molecule has 1 aliphatic carbocycles. The van der Waals surface area contributed by atoms with Crippen molar-refractivity contribution < 1.29 is 4.79 Å². The molecule has 3 rings (SSSR count). The van der Waals surface area contributed by atoms with E-state index < -0.39 is 0 Å². The monoisotopic (exact) mass is 312 g/mol. The molecule has 0 amide bonds. The molecule has 0 aliphatic heterocycles. The second-order valence-corrected chi connectivity index (χ2v) is 8.06. The number of benzene rings is 1. The standard InChI is InChI=1S/C20H28N2O/c1-14(23)16-10-11-18-17(12-16)21-19(20(2,3)4)22(18)13-15-8-6-5-7-9-15/h10-12,15H,5-9,13H2,1-4H3. The Bertz CT molecular complexity index is 715. The van der Waals surface area contributed by atoms with Crippen molar-refractivity contribution in [2.24, 2.45) is 5.92 Å². The first-order valence-electron chi connectivity index (χ1n) is 8.88. The molecule has 1 heterocycles. The van der Waals surface area contributed by atoms with E-state index in [1.54, 1.807) is 6.92 Å². The molecule has 0 N–H and O–H groups in total. The molecule has 1 saturated carbocycles. The highest BCUT2D eigenvalue weighted by molar-refractivity contribution is 5.97. The number of rotatable bonds is 3. The lowest BCUT2D eigenvalue weighted by Crippen LogP contribution is -2.22. The molecule has 3 nitrogen and oxygen atoms in total. The number of carbonyl (C=O) groups excluding carboxylic acids is 1. The van der Waals surface area contributed by atoms with Crippen LogP contribution in [-0.2, 0) is 12.0 Å². The van der Waals surface area contributed by atoms with E-state index in [4.69, 9.17) is 4.98 Å². The van der Waals surface area contributed by atoms with Gasteiger partial charge < -0.3 is 4.57 Å². The molecule has 124 valence electrons. The van der Waals surface area contributed by atoms with Crippen LogP contribution in [0.15, 0.2) is 18.2 Å². The fourth-order valence-electron chi connectivity index (χ4n) is 3.73. The molecule has 3 heteroatoms. The van der Waals surface area contributed by atoms with Gasteiger partial charge in [0, 0.05) is 17.5 Å². The first-order chi connectivity index (χ1) is 10.9. The van der Waals surface area contributed by atoms with Crippen LogP contribution in [0.4, 0.5) is 0 Å². The first kappa shape index (κ1) is 16.2. The van der Waals surface area contributed by atoms with Gasteiger partial charge in [-0.3, -0.25) is 4.79 Å². The highest BCUT2D eigenvalue weighted by Gasteiger charge is 2.25. The van der Waals surface area contributed by atoms with Gasteiger partial charge in [0.15, 0.2) is 5.78 Å². The van der Waals surface area contributed by atoms with E-state index in [0.717, 1.165) is 29.4 Å². The first-order valence-corrected chi connectivity index (χ1v) is 8.88. The average molecular weight is 312 g/mol. The number of ketones is 1. The number of carbonyl (C=O) groups is 1. The zero-order valence-electron chi connectivity index (χ0n) is 14.9. The van der Waals surface area contributed by atoms with Gasteiger partial charge in [-0.25, -0.2) is 4.98 Å². The highest BCUT2D eigenvalue weighted by atomic mass is 16.1. The largest absolute Gasteiger partial charge is 0.327 e. The molecule has 0 atom stereocenters. The van der Waals surface area contributed by atoms with Crippen molar-refractivity contribution >= 4 is 16.8 Å². The zero-order valence-corrected chi connectivity index (χ0v) is 14.9. The minimum absolute atomic E-state index is 0.00404. The maximum absolute atomic E-state index is 11.7. The van der Waals surface area contributed by atoms with Gasteiger partial charge in [0.1, 0.15) is 5.82 Å². The van der Waals surface area contributed by atoms with Crippen molar-refractivity contribution in [3.8, 4) is 0 Å². The molecule has 1 fully saturated rings. The highest BCUT2D eigenvalue weighted by Crippen LogP contribution is 2.31. The minimum Gasteiger partial charge on any atom is -0.327 e. The summed E-state index contributed by atoms with van der Waals surface area (Å²) >= 11 is 0. The van der Waals surface area contributed by atoms with E-state index in [2.05, 4.69) is 31.4 Å². The lowest BCUT2D eigenvalue weighted by atomic mass is 9.88. The predicted molar refractivity (Wildman–Crippen MR) is 95.0 cm³/mol. The summed E-state index contributed by atoms with van der Waals surface area (Å²) in [5, 5.41) is 0. The Hall–Kier alpha value is -1.64. The maximum Gasteiger partial charge on any atom is 0.159 e. The van der Waals surface area contributed by atoms with Crippen molar-refractivity contribution in [3.63, 3.8) is 0 Å². The molecule has 1 aromatic carbocycles. The van der Waals surface area contributed by atoms with E-state index in [-0.39, 0.29) is 11.2 Å². The summed E-state index contributed by atoms with van der Waals surface area (Å²) in [6.45, 7) is 9.33. The molecule has 1 aliphatic rings. The van der Waals surface area contributed by atoms with Crippen LogP contribution in [0.2, 0.25) is 0 Å². The minimum atomic E-state index is 0.00404. The molecule has 1 aromatic heterocycles. The Morgan fingerprint density at radius 3 is 2.52 bits per heavy atom. The molecule has 2 aromatic rings. The maximum atomic E-state index is 11.7. The zero-order chi connectivity index (χ0) is 16.6. The van der Waals surface area contributed by atoms with Crippen LogP contribution in [0, 0.1) is 5.92 Å². The second-order valence-electron chi connectivity index (χ2n) is 8.06. The van der Waals surface area contributed by atoms with Crippen molar-refractivity contribution in [1.82, 2.24) is 9.55 Å². The van der Waals surface area contributed by atoms with E-state index in [1.165, 1.54) is 37.6 Å². The van der Waals surface area contributed by atoms with Gasteiger partial charge in [0.25, 0.3) is 0 Å². The third-order valence-corrected chi connectivity index (χ3v) is 4.99. The Kier molecular flexibility index (Phi) is 4.31. The van der Waals surface area contributed by atoms with Crippen molar-refractivity contribution in [2.45, 2.75) is 71.8 Å². The average Bonchev–Trinajstić information content (AvgIpc) is 2.86. The summed E-state index contributed by atoms with van der Waals surface area (Å²) < 4.78 is 2.41. The van der Waals surface area contributed by atoms with Gasteiger partial charge >= 0.3 is 0 Å². The fraction of sp³-hybridized carbons (Fsp3) is 0.600. The van der Waals surface area contributed by atoms with Crippen LogP contribution in [0.1, 0.15) is 76.0 Å². The predicted octanol–water partition coefficient (Wildman–Crippen LogP) is 5.12. The summed E-state index contributed by atoms with van der Waals surface area (Å²) in [5.74, 6) is 2.00. The van der Waals surface area contributed by atoms with Crippen LogP contribution >= 0.6 is 0 Å². The summed E-state index contributed by atoms with van der Waals surface area (Å²) in [6.07, 6.45) is 6.76. The quantitative estimate of drug-likeness (QED) is 0.738. The van der Waals surface area contributed by atoms with Gasteiger partial charge in [0.05, 0.1) is 11.0 Å². The molecule has 0 bridgehead atoms. The third kappa shape index (κ3) is 3.34. The normalized spacial score (nSPS) is 16.9. The number of imidazole rings is 1. The number of hydrogen-bond donors (Lipinski definition) is 0. The summed E-state index contributed by atoms with van der Waals surface area (Å²) in [5.41, 5.74) is 2.88. The van der Waals surface area contributed by atoms with Gasteiger partial charge in [0.2, 0.25) is 0 Å². The van der Waals surface area contributed by atoms with Gasteiger partial charge in [-0.1, -0.05) is 40.0 Å². The topological polar surface area (TPSA) is 34.9 Å². The smallest absolute Gasteiger partial charge is 0.159 e. The van der Waals surface area contributed by atoms with Crippen molar-refractivity contribution in [3.05, 3.63) is 29.6 Å². The molecule has 23 heavy (non-hydrogen) atoms. The van der Waals surface area contributed by atoms with Crippen LogP contribution in [0.25, 0.3) is 11.0 Å². The molecule has 0 unspecified atom stereocenters. The van der Waals surface area contributed by atoms with E-state index in [9.17, 15) is 4.79 Å².